The first-order chi connectivity index (χ1) is 8.29. The number of methoxy groups -OCH3 is 1. The molecule has 0 saturated heterocycles. The first-order valence-corrected chi connectivity index (χ1v) is 6.52. The zero-order chi connectivity index (χ0) is 12.5. The predicted molar refractivity (Wildman–Crippen MR) is 70.5 cm³/mol. The molecule has 0 atom stereocenters. The van der Waals surface area contributed by atoms with Crippen molar-refractivity contribution in [2.45, 2.75) is 6.42 Å². The van der Waals surface area contributed by atoms with Gasteiger partial charge in [-0.25, -0.2) is 4.98 Å². The van der Waals surface area contributed by atoms with Crippen molar-refractivity contribution in [1.82, 2.24) is 9.97 Å². The molecule has 0 fully saturated rings. The fourth-order valence-electron chi connectivity index (χ4n) is 1.19. The normalized spacial score (nSPS) is 10.2. The van der Waals surface area contributed by atoms with E-state index in [1.54, 1.807) is 11.8 Å². The Morgan fingerprint density at radius 2 is 2.29 bits per heavy atom. The summed E-state index contributed by atoms with van der Waals surface area (Å²) in [5.41, 5.74) is 6.23. The number of aliphatic hydroxyl groups is 1. The monoisotopic (exact) mass is 258 g/mol. The van der Waals surface area contributed by atoms with E-state index < -0.39 is 0 Å². The van der Waals surface area contributed by atoms with Gasteiger partial charge in [0.15, 0.2) is 5.82 Å². The zero-order valence-corrected chi connectivity index (χ0v) is 10.7. The average Bonchev–Trinajstić information content (AvgIpc) is 2.35. The third-order valence-corrected chi connectivity index (χ3v) is 3.10. The van der Waals surface area contributed by atoms with E-state index in [9.17, 15) is 0 Å². The zero-order valence-electron chi connectivity index (χ0n) is 9.85. The maximum atomic E-state index is 8.62. The van der Waals surface area contributed by atoms with Gasteiger partial charge in [0.25, 0.3) is 0 Å². The lowest BCUT2D eigenvalue weighted by Gasteiger charge is -2.09. The number of anilines is 2. The van der Waals surface area contributed by atoms with Crippen LogP contribution in [0.25, 0.3) is 0 Å². The van der Waals surface area contributed by atoms with E-state index in [1.165, 1.54) is 13.4 Å². The van der Waals surface area contributed by atoms with E-state index in [0.29, 0.717) is 17.4 Å². The van der Waals surface area contributed by atoms with Gasteiger partial charge < -0.3 is 20.9 Å². The van der Waals surface area contributed by atoms with Crippen LogP contribution < -0.4 is 15.8 Å². The van der Waals surface area contributed by atoms with Crippen molar-refractivity contribution in [1.29, 1.82) is 0 Å². The third-order valence-electron chi connectivity index (χ3n) is 2.03. The second-order valence-corrected chi connectivity index (χ2v) is 4.49. The van der Waals surface area contributed by atoms with Gasteiger partial charge in [0.05, 0.1) is 7.11 Å². The van der Waals surface area contributed by atoms with Crippen LogP contribution in [0, 0.1) is 0 Å². The molecular formula is C10H18N4O2S. The van der Waals surface area contributed by atoms with E-state index in [2.05, 4.69) is 15.3 Å². The minimum Gasteiger partial charge on any atom is -0.479 e. The van der Waals surface area contributed by atoms with E-state index in [-0.39, 0.29) is 6.61 Å². The number of nitrogen functional groups attached to an aromatic ring is 1. The second-order valence-electron chi connectivity index (χ2n) is 3.26. The molecule has 0 aliphatic heterocycles. The number of hydrogen-bond acceptors (Lipinski definition) is 7. The van der Waals surface area contributed by atoms with Crippen molar-refractivity contribution in [3.63, 3.8) is 0 Å². The molecule has 0 amide bonds. The molecule has 0 saturated carbocycles. The molecule has 0 spiro atoms. The van der Waals surface area contributed by atoms with Crippen LogP contribution in [0.4, 0.5) is 11.5 Å². The van der Waals surface area contributed by atoms with Crippen LogP contribution in [0.1, 0.15) is 6.42 Å². The Morgan fingerprint density at radius 3 is 3.00 bits per heavy atom. The van der Waals surface area contributed by atoms with Crippen LogP contribution in [0.3, 0.4) is 0 Å². The summed E-state index contributed by atoms with van der Waals surface area (Å²) in [6.45, 7) is 1.01. The van der Waals surface area contributed by atoms with Gasteiger partial charge >= 0.3 is 0 Å². The first-order valence-electron chi connectivity index (χ1n) is 5.36. The summed E-state index contributed by atoms with van der Waals surface area (Å²) >= 11 is 1.77. The number of thioether (sulfide) groups is 1. The van der Waals surface area contributed by atoms with Crippen molar-refractivity contribution in [3.05, 3.63) is 6.33 Å². The minimum atomic E-state index is 0.247. The molecule has 1 heterocycles. The van der Waals surface area contributed by atoms with Crippen molar-refractivity contribution in [2.75, 3.05) is 42.8 Å². The Labute approximate surface area is 105 Å². The van der Waals surface area contributed by atoms with Crippen molar-refractivity contribution in [2.24, 2.45) is 0 Å². The van der Waals surface area contributed by atoms with Gasteiger partial charge in [0, 0.05) is 18.9 Å². The van der Waals surface area contributed by atoms with Crippen LogP contribution in [0.2, 0.25) is 0 Å². The highest BCUT2D eigenvalue weighted by Gasteiger charge is 2.06. The fraction of sp³-hybridized carbons (Fsp3) is 0.600. The number of ether oxygens (including phenoxy) is 1. The minimum absolute atomic E-state index is 0.247. The summed E-state index contributed by atoms with van der Waals surface area (Å²) in [7, 11) is 1.52. The standard InChI is InChI=1S/C10H18N4O2S/c1-16-10-8(11)9(13-7-14-10)12-3-6-17-5-2-4-15/h7,15H,2-6,11H2,1H3,(H,12,13,14). The summed E-state index contributed by atoms with van der Waals surface area (Å²) in [6, 6.07) is 0. The summed E-state index contributed by atoms with van der Waals surface area (Å²) in [4.78, 5) is 7.94. The summed E-state index contributed by atoms with van der Waals surface area (Å²) in [6.07, 6.45) is 2.24. The number of nitrogens with one attached hydrogen (secondary N) is 1. The predicted octanol–water partition coefficient (Wildman–Crippen LogP) is 0.595. The lowest BCUT2D eigenvalue weighted by molar-refractivity contribution is 0.296. The van der Waals surface area contributed by atoms with Crippen LogP contribution in [0.15, 0.2) is 6.33 Å². The van der Waals surface area contributed by atoms with Gasteiger partial charge in [0.1, 0.15) is 12.0 Å². The lowest BCUT2D eigenvalue weighted by atomic mass is 10.4. The lowest BCUT2D eigenvalue weighted by Crippen LogP contribution is -2.10. The van der Waals surface area contributed by atoms with Gasteiger partial charge in [0.2, 0.25) is 5.88 Å². The van der Waals surface area contributed by atoms with Gasteiger partial charge in [-0.3, -0.25) is 0 Å². The van der Waals surface area contributed by atoms with Gasteiger partial charge in [-0.05, 0) is 12.2 Å². The van der Waals surface area contributed by atoms with E-state index >= 15 is 0 Å². The number of nitrogens with zero attached hydrogens (tertiary/aromatic N) is 2. The van der Waals surface area contributed by atoms with Crippen molar-refractivity contribution in [3.8, 4) is 5.88 Å². The Kier molecular flexibility index (Phi) is 6.49. The maximum absolute atomic E-state index is 8.62. The number of hydrogen-bond donors (Lipinski definition) is 3. The van der Waals surface area contributed by atoms with Crippen molar-refractivity contribution < 1.29 is 9.84 Å². The summed E-state index contributed by atoms with van der Waals surface area (Å²) in [5, 5.41) is 11.7. The molecule has 0 aliphatic rings. The Balaban J connectivity index is 2.31. The molecule has 6 nitrogen and oxygen atoms in total. The smallest absolute Gasteiger partial charge is 0.242 e. The molecule has 0 radical (unpaired) electrons. The van der Waals surface area contributed by atoms with Crippen LogP contribution in [0.5, 0.6) is 5.88 Å². The number of nitrogens with two attached hydrogens (primary N) is 1. The molecule has 1 rings (SSSR count). The first kappa shape index (κ1) is 13.9. The van der Waals surface area contributed by atoms with E-state index in [4.69, 9.17) is 15.6 Å². The Bertz CT molecular complexity index is 338. The van der Waals surface area contributed by atoms with Gasteiger partial charge in [-0.2, -0.15) is 16.7 Å². The highest BCUT2D eigenvalue weighted by atomic mass is 32.2. The van der Waals surface area contributed by atoms with Gasteiger partial charge in [-0.1, -0.05) is 0 Å². The van der Waals surface area contributed by atoms with Crippen LogP contribution in [-0.2, 0) is 0 Å². The largest absolute Gasteiger partial charge is 0.479 e. The molecule has 0 unspecified atom stereocenters. The molecule has 1 aromatic heterocycles. The number of rotatable bonds is 8. The van der Waals surface area contributed by atoms with Crippen LogP contribution >= 0.6 is 11.8 Å². The topological polar surface area (TPSA) is 93.3 Å². The molecule has 17 heavy (non-hydrogen) atoms. The van der Waals surface area contributed by atoms with E-state index in [1.807, 2.05) is 0 Å². The molecule has 7 heteroatoms. The van der Waals surface area contributed by atoms with Gasteiger partial charge in [-0.15, -0.1) is 0 Å². The molecule has 4 N–H and O–H groups in total. The highest BCUT2D eigenvalue weighted by Crippen LogP contribution is 2.23. The molecule has 1 aromatic rings. The molecule has 0 aromatic carbocycles. The van der Waals surface area contributed by atoms with Crippen LogP contribution in [-0.4, -0.2) is 46.8 Å². The maximum Gasteiger partial charge on any atom is 0.242 e. The molecule has 0 bridgehead atoms. The Morgan fingerprint density at radius 1 is 1.47 bits per heavy atom. The Hall–Kier alpha value is -1.21. The summed E-state index contributed by atoms with van der Waals surface area (Å²) < 4.78 is 5.00. The summed E-state index contributed by atoms with van der Waals surface area (Å²) in [5.74, 6) is 2.88. The SMILES string of the molecule is COc1ncnc(NCCSCCCO)c1N. The molecule has 0 aliphatic carbocycles. The fourth-order valence-corrected chi connectivity index (χ4v) is 1.98. The van der Waals surface area contributed by atoms with Crippen molar-refractivity contribution >= 4 is 23.3 Å². The second kappa shape index (κ2) is 7.97. The van der Waals surface area contributed by atoms with E-state index in [0.717, 1.165) is 24.5 Å². The molecule has 96 valence electrons. The highest BCUT2D eigenvalue weighted by molar-refractivity contribution is 7.99. The number of aliphatic hydroxyl groups excluding tert-OH is 1. The number of aromatic nitrogens is 2. The molecular weight excluding hydrogens is 240 g/mol. The third kappa shape index (κ3) is 4.66. The quantitative estimate of drug-likeness (QED) is 0.588. The average molecular weight is 258 g/mol.